The number of rotatable bonds is 4. The van der Waals surface area contributed by atoms with Gasteiger partial charge in [0.1, 0.15) is 0 Å². The fourth-order valence-corrected chi connectivity index (χ4v) is 2.05. The molecule has 2 aromatic heterocycles. The number of amides is 1. The lowest BCUT2D eigenvalue weighted by Gasteiger charge is -2.03. The first-order valence-corrected chi connectivity index (χ1v) is 6.82. The monoisotopic (exact) mass is 314 g/mol. The molecule has 0 spiro atoms. The normalized spacial score (nSPS) is 11.2. The van der Waals surface area contributed by atoms with E-state index in [0.717, 1.165) is 17.5 Å². The smallest absolute Gasteiger partial charge is 0.244 e. The highest BCUT2D eigenvalue weighted by atomic mass is 19.2. The molecular weight excluding hydrogens is 302 g/mol. The van der Waals surface area contributed by atoms with Gasteiger partial charge in [0.05, 0.1) is 5.69 Å². The second kappa shape index (κ2) is 6.35. The number of nitrogens with one attached hydrogen (secondary N) is 2. The minimum atomic E-state index is -0.942. The molecule has 5 nitrogen and oxygen atoms in total. The lowest BCUT2D eigenvalue weighted by molar-refractivity contribution is -0.116. The highest BCUT2D eigenvalue weighted by Crippen LogP contribution is 2.14. The lowest BCUT2D eigenvalue weighted by Crippen LogP contribution is -2.20. The van der Waals surface area contributed by atoms with Crippen molar-refractivity contribution in [3.63, 3.8) is 0 Å². The molecule has 0 aliphatic carbocycles. The maximum atomic E-state index is 13.1. The third-order valence-corrected chi connectivity index (χ3v) is 3.21. The van der Waals surface area contributed by atoms with E-state index in [0.29, 0.717) is 16.9 Å². The predicted octanol–water partition coefficient (Wildman–Crippen LogP) is 2.57. The third kappa shape index (κ3) is 3.39. The van der Waals surface area contributed by atoms with Gasteiger partial charge >= 0.3 is 0 Å². The summed E-state index contributed by atoms with van der Waals surface area (Å²) < 4.78 is 25.9. The maximum absolute atomic E-state index is 13.1. The summed E-state index contributed by atoms with van der Waals surface area (Å²) in [6.07, 6.45) is 4.52. The Morgan fingerprint density at radius 2 is 2.13 bits per heavy atom. The molecule has 23 heavy (non-hydrogen) atoms. The van der Waals surface area contributed by atoms with Gasteiger partial charge in [-0.25, -0.2) is 13.8 Å². The molecule has 0 atom stereocenters. The molecule has 116 valence electrons. The van der Waals surface area contributed by atoms with Crippen LogP contribution in [0.4, 0.5) is 8.78 Å². The van der Waals surface area contributed by atoms with Crippen LogP contribution in [0.5, 0.6) is 0 Å². The van der Waals surface area contributed by atoms with Crippen molar-refractivity contribution >= 4 is 23.0 Å². The van der Waals surface area contributed by atoms with Crippen LogP contribution in [0.25, 0.3) is 17.1 Å². The lowest BCUT2D eigenvalue weighted by atomic mass is 10.2. The SMILES string of the molecule is O=C(C=Cc1n[nH]c2ncccc12)NCc1ccc(F)c(F)c1. The maximum Gasteiger partial charge on any atom is 0.244 e. The van der Waals surface area contributed by atoms with Crippen molar-refractivity contribution in [1.29, 1.82) is 0 Å². The summed E-state index contributed by atoms with van der Waals surface area (Å²) in [5, 5.41) is 10.2. The van der Waals surface area contributed by atoms with Crippen LogP contribution in [-0.2, 0) is 11.3 Å². The number of H-pyrrole nitrogens is 1. The Morgan fingerprint density at radius 3 is 2.96 bits per heavy atom. The van der Waals surface area contributed by atoms with Gasteiger partial charge in [-0.15, -0.1) is 0 Å². The van der Waals surface area contributed by atoms with Gasteiger partial charge in [0.2, 0.25) is 5.91 Å². The van der Waals surface area contributed by atoms with Gasteiger partial charge < -0.3 is 5.32 Å². The van der Waals surface area contributed by atoms with E-state index >= 15 is 0 Å². The zero-order chi connectivity index (χ0) is 16.2. The summed E-state index contributed by atoms with van der Waals surface area (Å²) in [5.41, 5.74) is 1.70. The Morgan fingerprint density at radius 1 is 1.26 bits per heavy atom. The Balaban J connectivity index is 1.63. The minimum Gasteiger partial charge on any atom is -0.348 e. The van der Waals surface area contributed by atoms with Crippen LogP contribution in [-0.4, -0.2) is 21.1 Å². The largest absolute Gasteiger partial charge is 0.348 e. The van der Waals surface area contributed by atoms with E-state index in [1.54, 1.807) is 18.3 Å². The molecule has 7 heteroatoms. The Bertz CT molecular complexity index is 889. The molecule has 0 aliphatic rings. The summed E-state index contributed by atoms with van der Waals surface area (Å²) >= 11 is 0. The van der Waals surface area contributed by atoms with Gasteiger partial charge in [0.25, 0.3) is 0 Å². The average molecular weight is 314 g/mol. The minimum absolute atomic E-state index is 0.100. The van der Waals surface area contributed by atoms with Gasteiger partial charge in [-0.1, -0.05) is 6.07 Å². The second-order valence-electron chi connectivity index (χ2n) is 4.81. The fourth-order valence-electron chi connectivity index (χ4n) is 2.05. The number of hydrogen-bond donors (Lipinski definition) is 2. The molecule has 0 radical (unpaired) electrons. The molecule has 2 heterocycles. The molecule has 0 bridgehead atoms. The first-order valence-electron chi connectivity index (χ1n) is 6.82. The molecule has 0 aliphatic heterocycles. The standard InChI is InChI=1S/C16H12F2N4O/c17-12-4-3-10(8-13(12)18)9-20-15(23)6-5-14-11-2-1-7-19-16(11)22-21-14/h1-8H,9H2,(H,20,23)(H,19,21,22). The summed E-state index contributed by atoms with van der Waals surface area (Å²) in [7, 11) is 0. The molecule has 0 saturated heterocycles. The van der Waals surface area contributed by atoms with E-state index in [9.17, 15) is 13.6 Å². The number of pyridine rings is 1. The first-order chi connectivity index (χ1) is 11.1. The van der Waals surface area contributed by atoms with Crippen LogP contribution in [0.3, 0.4) is 0 Å². The van der Waals surface area contributed by atoms with Crippen LogP contribution >= 0.6 is 0 Å². The summed E-state index contributed by atoms with van der Waals surface area (Å²) in [5.74, 6) is -2.23. The number of carbonyl (C=O) groups is 1. The van der Waals surface area contributed by atoms with Crippen molar-refractivity contribution in [3.8, 4) is 0 Å². The van der Waals surface area contributed by atoms with Gasteiger partial charge in [0, 0.05) is 24.2 Å². The van der Waals surface area contributed by atoms with E-state index in [2.05, 4.69) is 20.5 Å². The summed E-state index contributed by atoms with van der Waals surface area (Å²) in [6, 6.07) is 7.10. The second-order valence-corrected chi connectivity index (χ2v) is 4.81. The highest BCUT2D eigenvalue weighted by molar-refractivity contribution is 5.94. The Labute approximate surface area is 130 Å². The number of aromatic nitrogens is 3. The quantitative estimate of drug-likeness (QED) is 0.727. The van der Waals surface area contributed by atoms with E-state index < -0.39 is 11.6 Å². The van der Waals surface area contributed by atoms with Crippen LogP contribution in [0.1, 0.15) is 11.3 Å². The number of carbonyl (C=O) groups excluding carboxylic acids is 1. The molecule has 3 aromatic rings. The first kappa shape index (κ1) is 14.8. The van der Waals surface area contributed by atoms with Crippen molar-refractivity contribution in [1.82, 2.24) is 20.5 Å². The van der Waals surface area contributed by atoms with Crippen molar-refractivity contribution in [2.24, 2.45) is 0 Å². The number of hydrogen-bond acceptors (Lipinski definition) is 3. The van der Waals surface area contributed by atoms with E-state index in [-0.39, 0.29) is 12.5 Å². The topological polar surface area (TPSA) is 70.7 Å². The number of aromatic amines is 1. The zero-order valence-electron chi connectivity index (χ0n) is 11.9. The molecule has 1 amide bonds. The number of benzene rings is 1. The summed E-state index contributed by atoms with van der Waals surface area (Å²) in [6.45, 7) is 0.100. The molecular formula is C16H12F2N4O. The van der Waals surface area contributed by atoms with Crippen molar-refractivity contribution < 1.29 is 13.6 Å². The molecule has 0 unspecified atom stereocenters. The van der Waals surface area contributed by atoms with E-state index in [4.69, 9.17) is 0 Å². The molecule has 1 aromatic carbocycles. The van der Waals surface area contributed by atoms with E-state index in [1.807, 2.05) is 6.07 Å². The van der Waals surface area contributed by atoms with Crippen LogP contribution in [0, 0.1) is 11.6 Å². The fraction of sp³-hybridized carbons (Fsp3) is 0.0625. The average Bonchev–Trinajstić information content (AvgIpc) is 2.97. The van der Waals surface area contributed by atoms with Crippen molar-refractivity contribution in [3.05, 3.63) is 65.5 Å². The molecule has 0 saturated carbocycles. The van der Waals surface area contributed by atoms with Crippen molar-refractivity contribution in [2.45, 2.75) is 6.54 Å². The van der Waals surface area contributed by atoms with Gasteiger partial charge in [-0.3, -0.25) is 9.89 Å². The van der Waals surface area contributed by atoms with Crippen LogP contribution in [0.15, 0.2) is 42.6 Å². The Hall–Kier alpha value is -3.09. The predicted molar refractivity (Wildman–Crippen MR) is 81.1 cm³/mol. The number of nitrogens with zero attached hydrogens (tertiary/aromatic N) is 2. The number of fused-ring (bicyclic) bond motifs is 1. The van der Waals surface area contributed by atoms with Crippen LogP contribution < -0.4 is 5.32 Å². The molecule has 0 fully saturated rings. The highest BCUT2D eigenvalue weighted by Gasteiger charge is 2.05. The van der Waals surface area contributed by atoms with Crippen molar-refractivity contribution in [2.75, 3.05) is 0 Å². The zero-order valence-corrected chi connectivity index (χ0v) is 11.9. The van der Waals surface area contributed by atoms with Gasteiger partial charge in [0.15, 0.2) is 17.3 Å². The third-order valence-electron chi connectivity index (χ3n) is 3.21. The number of halogens is 2. The summed E-state index contributed by atoms with van der Waals surface area (Å²) in [4.78, 5) is 15.9. The van der Waals surface area contributed by atoms with Gasteiger partial charge in [-0.2, -0.15) is 5.10 Å². The molecule has 3 rings (SSSR count). The Kier molecular flexibility index (Phi) is 4.09. The van der Waals surface area contributed by atoms with Gasteiger partial charge in [-0.05, 0) is 35.9 Å². The van der Waals surface area contributed by atoms with Crippen LogP contribution in [0.2, 0.25) is 0 Å². The van der Waals surface area contributed by atoms with E-state index in [1.165, 1.54) is 12.1 Å². The molecule has 2 N–H and O–H groups in total.